The topological polar surface area (TPSA) is 174 Å². The molecule has 0 heterocycles. The first kappa shape index (κ1) is 20.1. The summed E-state index contributed by atoms with van der Waals surface area (Å²) in [5.41, 5.74) is 0.852. The second-order valence-corrected chi connectivity index (χ2v) is 6.24. The molecule has 1 aromatic rings. The number of aryl methyl sites for hydroxylation is 1. The van der Waals surface area contributed by atoms with Crippen molar-refractivity contribution in [2.45, 2.75) is 32.5 Å². The fourth-order valence-electron chi connectivity index (χ4n) is 1.93. The highest BCUT2D eigenvalue weighted by atomic mass is 31.2. The molecule has 0 unspecified atom stereocenters. The number of phosphoric acid groups is 1. The van der Waals surface area contributed by atoms with Gasteiger partial charge in [-0.1, -0.05) is 12.1 Å². The normalized spacial score (nSPS) is 12.8. The van der Waals surface area contributed by atoms with Gasteiger partial charge in [-0.15, -0.1) is 0 Å². The maximum Gasteiger partial charge on any atom is 0.469 e. The number of carbonyl (C=O) groups is 2. The Hall–Kier alpha value is -1.97. The molecule has 24 heavy (non-hydrogen) atoms. The first-order valence-electron chi connectivity index (χ1n) is 6.69. The standard InChI is InChI=1S/C13H18NO9P/c1-7-2-3-8(6-23-24(20,21)22)9(12(7)17)5-14-10(13(18)19)4-11(15)16/h2-3,10,14,17H,4-6H2,1H3,(H,15,16)(H,18,19)(H2,20,21,22)/t10-/m0/s1. The summed E-state index contributed by atoms with van der Waals surface area (Å²) in [5, 5.41) is 30.3. The van der Waals surface area contributed by atoms with E-state index in [1.54, 1.807) is 6.92 Å². The minimum absolute atomic E-state index is 0.167. The Bertz CT molecular complexity index is 670. The molecule has 0 saturated carbocycles. The van der Waals surface area contributed by atoms with E-state index in [0.717, 1.165) is 0 Å². The summed E-state index contributed by atoms with van der Waals surface area (Å²) < 4.78 is 15.2. The number of aromatic hydroxyl groups is 1. The van der Waals surface area contributed by atoms with Crippen molar-refractivity contribution in [3.8, 4) is 5.75 Å². The maximum absolute atomic E-state index is 11.0. The fraction of sp³-hybridized carbons (Fsp3) is 0.385. The summed E-state index contributed by atoms with van der Waals surface area (Å²) in [4.78, 5) is 39.2. The molecule has 0 bridgehead atoms. The molecule has 134 valence electrons. The van der Waals surface area contributed by atoms with Gasteiger partial charge >= 0.3 is 19.8 Å². The van der Waals surface area contributed by atoms with Crippen molar-refractivity contribution in [3.05, 3.63) is 28.8 Å². The van der Waals surface area contributed by atoms with Gasteiger partial charge < -0.3 is 25.1 Å². The van der Waals surface area contributed by atoms with Crippen LogP contribution in [0.15, 0.2) is 12.1 Å². The van der Waals surface area contributed by atoms with E-state index in [2.05, 4.69) is 9.84 Å². The number of carboxylic acids is 2. The smallest absolute Gasteiger partial charge is 0.469 e. The highest BCUT2D eigenvalue weighted by molar-refractivity contribution is 7.46. The van der Waals surface area contributed by atoms with Crippen LogP contribution in [0.2, 0.25) is 0 Å². The summed E-state index contributed by atoms with van der Waals surface area (Å²) in [5.74, 6) is -2.89. The van der Waals surface area contributed by atoms with E-state index in [4.69, 9.17) is 20.0 Å². The molecule has 0 fully saturated rings. The number of phenols is 1. The van der Waals surface area contributed by atoms with Crippen LogP contribution in [0.25, 0.3) is 0 Å². The highest BCUT2D eigenvalue weighted by Gasteiger charge is 2.22. The third-order valence-electron chi connectivity index (χ3n) is 3.17. The summed E-state index contributed by atoms with van der Waals surface area (Å²) in [6, 6.07) is 1.58. The van der Waals surface area contributed by atoms with Crippen molar-refractivity contribution in [2.75, 3.05) is 0 Å². The SMILES string of the molecule is Cc1ccc(COP(=O)(O)O)c(CN[C@@H](CC(=O)O)C(=O)O)c1O. The van der Waals surface area contributed by atoms with Crippen LogP contribution in [0.3, 0.4) is 0 Å². The Balaban J connectivity index is 2.99. The van der Waals surface area contributed by atoms with Gasteiger partial charge in [0.2, 0.25) is 0 Å². The van der Waals surface area contributed by atoms with E-state index in [0.29, 0.717) is 5.56 Å². The van der Waals surface area contributed by atoms with Crippen molar-refractivity contribution in [1.29, 1.82) is 0 Å². The van der Waals surface area contributed by atoms with Crippen LogP contribution in [-0.2, 0) is 31.8 Å². The zero-order chi connectivity index (χ0) is 18.5. The van der Waals surface area contributed by atoms with Crippen LogP contribution in [0.5, 0.6) is 5.75 Å². The summed E-state index contributed by atoms with van der Waals surface area (Å²) in [7, 11) is -4.72. The quantitative estimate of drug-likeness (QED) is 0.335. The minimum atomic E-state index is -4.72. The van der Waals surface area contributed by atoms with Gasteiger partial charge in [0.05, 0.1) is 13.0 Å². The number of aliphatic carboxylic acids is 2. The molecular formula is C13H18NO9P. The van der Waals surface area contributed by atoms with Crippen molar-refractivity contribution in [1.82, 2.24) is 5.32 Å². The Morgan fingerprint density at radius 1 is 1.29 bits per heavy atom. The third-order valence-corrected chi connectivity index (χ3v) is 3.64. The largest absolute Gasteiger partial charge is 0.507 e. The van der Waals surface area contributed by atoms with Gasteiger partial charge in [0.1, 0.15) is 11.8 Å². The maximum atomic E-state index is 11.0. The van der Waals surface area contributed by atoms with Crippen LogP contribution >= 0.6 is 7.82 Å². The van der Waals surface area contributed by atoms with Gasteiger partial charge in [0.25, 0.3) is 0 Å². The number of carboxylic acid groups (broad SMARTS) is 2. The number of nitrogens with one attached hydrogen (secondary N) is 1. The average molecular weight is 363 g/mol. The third kappa shape index (κ3) is 6.26. The predicted molar refractivity (Wildman–Crippen MR) is 80.2 cm³/mol. The van der Waals surface area contributed by atoms with Crippen LogP contribution in [0, 0.1) is 6.92 Å². The first-order valence-corrected chi connectivity index (χ1v) is 8.22. The molecule has 11 heteroatoms. The fourth-order valence-corrected chi connectivity index (χ4v) is 2.24. The van der Waals surface area contributed by atoms with Gasteiger partial charge in [-0.25, -0.2) is 4.57 Å². The number of benzene rings is 1. The van der Waals surface area contributed by atoms with Crippen LogP contribution < -0.4 is 5.32 Å². The number of phenolic OH excluding ortho intramolecular Hbond substituents is 1. The molecule has 1 rings (SSSR count). The Morgan fingerprint density at radius 3 is 2.42 bits per heavy atom. The second kappa shape index (κ2) is 8.22. The lowest BCUT2D eigenvalue weighted by Crippen LogP contribution is -2.38. The molecule has 0 radical (unpaired) electrons. The van der Waals surface area contributed by atoms with Crippen molar-refractivity contribution in [3.63, 3.8) is 0 Å². The molecule has 0 aromatic heterocycles. The molecule has 1 atom stereocenters. The average Bonchev–Trinajstić information content (AvgIpc) is 2.44. The molecule has 0 aliphatic rings. The van der Waals surface area contributed by atoms with Gasteiger partial charge in [0.15, 0.2) is 0 Å². The molecular weight excluding hydrogens is 345 g/mol. The van der Waals surface area contributed by atoms with Gasteiger partial charge in [0, 0.05) is 12.1 Å². The summed E-state index contributed by atoms with van der Waals surface area (Å²) >= 11 is 0. The first-order chi connectivity index (χ1) is 11.0. The monoisotopic (exact) mass is 363 g/mol. The Kier molecular flexibility index (Phi) is 6.88. The van der Waals surface area contributed by atoms with Gasteiger partial charge in [-0.3, -0.25) is 19.4 Å². The number of rotatable bonds is 9. The van der Waals surface area contributed by atoms with E-state index in [9.17, 15) is 19.3 Å². The van der Waals surface area contributed by atoms with E-state index >= 15 is 0 Å². The molecule has 0 aliphatic carbocycles. The Morgan fingerprint density at radius 2 is 1.92 bits per heavy atom. The zero-order valence-corrected chi connectivity index (χ0v) is 13.6. The summed E-state index contributed by atoms with van der Waals surface area (Å²) in [6.07, 6.45) is -0.670. The van der Waals surface area contributed by atoms with Crippen molar-refractivity contribution >= 4 is 19.8 Å². The lowest BCUT2D eigenvalue weighted by molar-refractivity contribution is -0.146. The minimum Gasteiger partial charge on any atom is -0.507 e. The molecule has 0 saturated heterocycles. The van der Waals surface area contributed by atoms with E-state index < -0.39 is 38.8 Å². The predicted octanol–water partition coefficient (Wildman–Crippen LogP) is 0.327. The van der Waals surface area contributed by atoms with Gasteiger partial charge in [-0.05, 0) is 18.1 Å². The van der Waals surface area contributed by atoms with Crippen molar-refractivity contribution in [2.24, 2.45) is 0 Å². The van der Waals surface area contributed by atoms with Crippen LogP contribution in [0.1, 0.15) is 23.1 Å². The molecule has 0 amide bonds. The highest BCUT2D eigenvalue weighted by Crippen LogP contribution is 2.38. The number of hydrogen-bond acceptors (Lipinski definition) is 6. The van der Waals surface area contributed by atoms with E-state index in [1.165, 1.54) is 12.1 Å². The number of hydrogen-bond donors (Lipinski definition) is 6. The van der Waals surface area contributed by atoms with E-state index in [-0.39, 0.29) is 23.4 Å². The molecule has 10 nitrogen and oxygen atoms in total. The van der Waals surface area contributed by atoms with Crippen LogP contribution in [0.4, 0.5) is 0 Å². The molecule has 6 N–H and O–H groups in total. The molecule has 1 aromatic carbocycles. The lowest BCUT2D eigenvalue weighted by atomic mass is 10.0. The zero-order valence-electron chi connectivity index (χ0n) is 12.7. The summed E-state index contributed by atoms with van der Waals surface area (Å²) in [6.45, 7) is 0.849. The van der Waals surface area contributed by atoms with E-state index in [1.807, 2.05) is 0 Å². The molecule has 0 aliphatic heterocycles. The number of phosphoric ester groups is 1. The Labute approximate surface area is 136 Å². The van der Waals surface area contributed by atoms with Crippen LogP contribution in [-0.4, -0.2) is 43.1 Å². The van der Waals surface area contributed by atoms with Gasteiger partial charge in [-0.2, -0.15) is 0 Å². The second-order valence-electron chi connectivity index (χ2n) is 5.00. The lowest BCUT2D eigenvalue weighted by Gasteiger charge is -2.17. The molecule has 0 spiro atoms. The van der Waals surface area contributed by atoms with Crippen molar-refractivity contribution < 1.29 is 43.8 Å².